The lowest BCUT2D eigenvalue weighted by Crippen LogP contribution is -2.38. The Morgan fingerprint density at radius 1 is 0.717 bits per heavy atom. The number of halogens is 4. The molecule has 4 aliphatic rings. The Balaban J connectivity index is 1.14. The van der Waals surface area contributed by atoms with Crippen LogP contribution in [0.15, 0.2) is 67.3 Å². The number of fused-ring (bicyclic) bond motifs is 10. The van der Waals surface area contributed by atoms with E-state index in [1.165, 1.54) is 36.8 Å². The Morgan fingerprint density at radius 2 is 1.33 bits per heavy atom. The summed E-state index contributed by atoms with van der Waals surface area (Å²) in [5.41, 5.74) is 5.97. The van der Waals surface area contributed by atoms with Gasteiger partial charge < -0.3 is 5.73 Å². The van der Waals surface area contributed by atoms with Gasteiger partial charge in [-0.3, -0.25) is 14.7 Å². The van der Waals surface area contributed by atoms with Crippen molar-refractivity contribution in [1.82, 2.24) is 40.3 Å². The van der Waals surface area contributed by atoms with Gasteiger partial charge in [0.25, 0.3) is 0 Å². The number of benzene rings is 2. The van der Waals surface area contributed by atoms with Gasteiger partial charge in [0.05, 0.1) is 74.8 Å². The lowest BCUT2D eigenvalue weighted by Gasteiger charge is -2.37. The van der Waals surface area contributed by atoms with E-state index in [0.717, 1.165) is 36.8 Å². The van der Waals surface area contributed by atoms with Crippen LogP contribution in [0.3, 0.4) is 0 Å². The van der Waals surface area contributed by atoms with Gasteiger partial charge >= 0.3 is 0 Å². The van der Waals surface area contributed by atoms with Gasteiger partial charge in [0.2, 0.25) is 10.0 Å². The van der Waals surface area contributed by atoms with E-state index in [4.69, 9.17) is 15.8 Å². The summed E-state index contributed by atoms with van der Waals surface area (Å²) in [6, 6.07) is 9.44. The van der Waals surface area contributed by atoms with Crippen LogP contribution in [-0.2, 0) is 20.9 Å². The average molecular weight is 835 g/mol. The van der Waals surface area contributed by atoms with Crippen LogP contribution in [0.1, 0.15) is 104 Å². The molecule has 60 heavy (non-hydrogen) atoms. The van der Waals surface area contributed by atoms with Crippen molar-refractivity contribution in [2.45, 2.75) is 75.5 Å². The molecule has 4 aromatic heterocycles. The third-order valence-electron chi connectivity index (χ3n) is 14.2. The highest BCUT2D eigenvalue weighted by molar-refractivity contribution is 7.92. The minimum absolute atomic E-state index is 0.00865. The largest absolute Gasteiger partial charge is 0.382 e. The predicted octanol–water partition coefficient (Wildman–Crippen LogP) is 7.49. The number of aromatic nitrogens is 8. The summed E-state index contributed by atoms with van der Waals surface area (Å²) in [5.74, 6) is -4.35. The van der Waals surface area contributed by atoms with Crippen molar-refractivity contribution in [1.29, 1.82) is 0 Å². The molecular formula is C43H38F4N10O2S. The molecule has 0 radical (unpaired) electrons. The van der Waals surface area contributed by atoms with Crippen LogP contribution in [0.5, 0.6) is 0 Å². The van der Waals surface area contributed by atoms with Crippen LogP contribution in [0, 0.1) is 34.1 Å². The first-order valence-corrected chi connectivity index (χ1v) is 21.4. The number of nitrogens with zero attached hydrogens (tertiary/aromatic N) is 8. The molecule has 17 heteroatoms. The van der Waals surface area contributed by atoms with Crippen LogP contribution >= 0.6 is 0 Å². The topological polar surface area (TPSA) is 175 Å². The molecular weight excluding hydrogens is 797 g/mol. The second-order valence-electron chi connectivity index (χ2n) is 17.6. The Hall–Kier alpha value is -5.97. The monoisotopic (exact) mass is 834 g/mol. The molecule has 6 aromatic rings. The van der Waals surface area contributed by atoms with E-state index >= 15 is 17.6 Å². The molecule has 4 heterocycles. The standard InChI is InChI=1S/C43H38F4N10O2S/c1-40(2)24-11-12-42(40,30-16-49-18-32(48)51-30)38-21(24)13-29(54-55-38)35-27(46)10-9-20(37(35)47)23-15-43(31-17-50-19-33(52-31)57-60(5,58)59)39-22(36(23)41(43,3)4)14-28(53-56-39)34-25(44)7-6-8-26(34)45/h6-10,13-14,16-19,23-24,36H,11-12,15H2,1-5H3,(H2,48,51)(H,52,57)/t23?,24-,36+,42-,43-/m0/s1. The van der Waals surface area contributed by atoms with E-state index in [9.17, 15) is 8.42 Å². The fourth-order valence-corrected chi connectivity index (χ4v) is 12.2. The Labute approximate surface area is 342 Å². The maximum atomic E-state index is 17.6. The van der Waals surface area contributed by atoms with Gasteiger partial charge in [-0.05, 0) is 94.9 Å². The summed E-state index contributed by atoms with van der Waals surface area (Å²) in [7, 11) is -3.75. The van der Waals surface area contributed by atoms with Gasteiger partial charge in [0.1, 0.15) is 29.1 Å². The molecule has 2 fully saturated rings. The van der Waals surface area contributed by atoms with Crippen LogP contribution in [0.25, 0.3) is 22.5 Å². The number of hydrogen-bond donors (Lipinski definition) is 2. The van der Waals surface area contributed by atoms with Crippen molar-refractivity contribution < 1.29 is 26.0 Å². The maximum Gasteiger partial charge on any atom is 0.231 e. The quantitative estimate of drug-likeness (QED) is 0.153. The summed E-state index contributed by atoms with van der Waals surface area (Å²) in [6.45, 7) is 8.17. The first-order valence-electron chi connectivity index (χ1n) is 19.5. The van der Waals surface area contributed by atoms with Crippen LogP contribution in [0.4, 0.5) is 29.2 Å². The molecule has 1 unspecified atom stereocenters. The van der Waals surface area contributed by atoms with Crippen molar-refractivity contribution in [2.75, 3.05) is 16.7 Å². The normalized spacial score (nSPS) is 25.3. The number of hydrogen-bond acceptors (Lipinski definition) is 11. The van der Waals surface area contributed by atoms with E-state index < -0.39 is 61.4 Å². The van der Waals surface area contributed by atoms with Crippen molar-refractivity contribution >= 4 is 21.7 Å². The Kier molecular flexibility index (Phi) is 7.99. The van der Waals surface area contributed by atoms with Gasteiger partial charge in [0, 0.05) is 12.4 Å². The maximum absolute atomic E-state index is 17.6. The van der Waals surface area contributed by atoms with Crippen molar-refractivity contribution in [2.24, 2.45) is 10.8 Å². The third kappa shape index (κ3) is 4.97. The van der Waals surface area contributed by atoms with Crippen molar-refractivity contribution in [3.63, 3.8) is 0 Å². The molecule has 0 amide bonds. The second kappa shape index (κ2) is 12.5. The highest BCUT2D eigenvalue weighted by Crippen LogP contribution is 2.74. The molecule has 3 N–H and O–H groups in total. The lowest BCUT2D eigenvalue weighted by molar-refractivity contribution is 0.241. The highest BCUT2D eigenvalue weighted by atomic mass is 32.2. The van der Waals surface area contributed by atoms with E-state index in [1.807, 2.05) is 13.8 Å². The summed E-state index contributed by atoms with van der Waals surface area (Å²) < 4.78 is 91.0. The van der Waals surface area contributed by atoms with Crippen molar-refractivity contribution in [3.05, 3.63) is 130 Å². The molecule has 12 nitrogen and oxygen atoms in total. The zero-order valence-corrected chi connectivity index (χ0v) is 33.9. The van der Waals surface area contributed by atoms with Crippen LogP contribution < -0.4 is 10.5 Å². The van der Waals surface area contributed by atoms with Gasteiger partial charge in [-0.15, -0.1) is 10.2 Å². The fourth-order valence-electron chi connectivity index (χ4n) is 11.7. The van der Waals surface area contributed by atoms with Crippen LogP contribution in [-0.4, -0.2) is 55.0 Å². The summed E-state index contributed by atoms with van der Waals surface area (Å²) >= 11 is 0. The first kappa shape index (κ1) is 38.2. The number of sulfonamides is 1. The summed E-state index contributed by atoms with van der Waals surface area (Å²) in [4.78, 5) is 18.0. The second-order valence-corrected chi connectivity index (χ2v) is 19.4. The predicted molar refractivity (Wildman–Crippen MR) is 213 cm³/mol. The number of nitrogens with two attached hydrogens (primary N) is 1. The number of anilines is 2. The summed E-state index contributed by atoms with van der Waals surface area (Å²) in [5, 5.41) is 18.1. The van der Waals surface area contributed by atoms with E-state index in [1.54, 1.807) is 18.3 Å². The molecule has 4 bridgehead atoms. The molecule has 5 atom stereocenters. The molecule has 0 spiro atoms. The smallest absolute Gasteiger partial charge is 0.231 e. The van der Waals surface area contributed by atoms with Crippen LogP contribution in [0.2, 0.25) is 0 Å². The molecule has 306 valence electrons. The van der Waals surface area contributed by atoms with E-state index in [2.05, 4.69) is 48.8 Å². The average Bonchev–Trinajstić information content (AvgIpc) is 3.74. The number of nitrogen functional groups attached to an aromatic ring is 1. The molecule has 4 aliphatic carbocycles. The van der Waals surface area contributed by atoms with Gasteiger partial charge in [-0.1, -0.05) is 39.8 Å². The zero-order valence-electron chi connectivity index (χ0n) is 33.1. The minimum Gasteiger partial charge on any atom is -0.382 e. The molecule has 2 saturated carbocycles. The highest BCUT2D eigenvalue weighted by Gasteiger charge is 2.69. The fraction of sp³-hybridized carbons (Fsp3) is 0.349. The van der Waals surface area contributed by atoms with Gasteiger partial charge in [-0.2, -0.15) is 10.2 Å². The third-order valence-corrected chi connectivity index (χ3v) is 14.8. The summed E-state index contributed by atoms with van der Waals surface area (Å²) in [6.07, 6.45) is 8.63. The Bertz CT molecular complexity index is 2930. The van der Waals surface area contributed by atoms with E-state index in [0.29, 0.717) is 28.3 Å². The Morgan fingerprint density at radius 3 is 2.02 bits per heavy atom. The first-order chi connectivity index (χ1) is 28.4. The molecule has 2 aromatic carbocycles. The SMILES string of the molecule is CC1(C)[C@@H]2c3cc(-c4c(F)cccc4F)nnc3[C@@]1(c1cncc(NS(C)(=O)=O)n1)CC2c1ccc(F)c(-c2cc3c(nn2)[C@@]2(c4cncc(N)n4)CC[C@@H]3C2(C)C)c1F. The molecule has 0 saturated heterocycles. The van der Waals surface area contributed by atoms with Gasteiger partial charge in [0.15, 0.2) is 5.82 Å². The number of rotatable bonds is 7. The molecule has 10 rings (SSSR count). The van der Waals surface area contributed by atoms with Crippen molar-refractivity contribution in [3.8, 4) is 22.5 Å². The molecule has 0 aliphatic heterocycles. The van der Waals surface area contributed by atoms with Gasteiger partial charge in [-0.25, -0.2) is 35.9 Å². The minimum atomic E-state index is -3.75. The number of nitrogens with one attached hydrogen (secondary N) is 1. The van der Waals surface area contributed by atoms with E-state index in [-0.39, 0.29) is 57.5 Å². The zero-order chi connectivity index (χ0) is 42.3. The lowest BCUT2D eigenvalue weighted by atomic mass is 9.66.